The second-order valence-electron chi connectivity index (χ2n) is 5.13. The number of carbonyl (C=O) groups is 1. The molecule has 0 fully saturated rings. The van der Waals surface area contributed by atoms with Gasteiger partial charge in [0.15, 0.2) is 10.9 Å². The molecular formula is C17H16BrClN2OS. The summed E-state index contributed by atoms with van der Waals surface area (Å²) in [5, 5.41) is 4.34. The number of aromatic nitrogens is 1. The molecule has 0 saturated carbocycles. The molecule has 0 amide bonds. The minimum atomic E-state index is -0.0437. The van der Waals surface area contributed by atoms with Crippen LogP contribution in [0, 0.1) is 13.8 Å². The number of nitrogens with one attached hydrogen (secondary N) is 1. The van der Waals surface area contributed by atoms with Gasteiger partial charge in [-0.2, -0.15) is 0 Å². The highest BCUT2D eigenvalue weighted by Crippen LogP contribution is 2.29. The summed E-state index contributed by atoms with van der Waals surface area (Å²) in [6.07, 6.45) is 0. The van der Waals surface area contributed by atoms with Crippen molar-refractivity contribution in [2.45, 2.75) is 13.8 Å². The summed E-state index contributed by atoms with van der Waals surface area (Å²) in [6.45, 7) is 4.32. The van der Waals surface area contributed by atoms with Gasteiger partial charge in [-0.05, 0) is 43.2 Å². The standard InChI is InChI=1S/C17H15ClN2OS.BrH/c1-10-7-8-15-16(11(10)2)20-17(22-15)19-9-14(21)12-5-3-4-6-13(12)18;/h3-8H,9H2,1-2H3,(H,19,20);1H. The topological polar surface area (TPSA) is 42.0 Å². The molecule has 120 valence electrons. The van der Waals surface area contributed by atoms with Gasteiger partial charge in [0.2, 0.25) is 0 Å². The van der Waals surface area contributed by atoms with Crippen molar-refractivity contribution in [3.8, 4) is 0 Å². The van der Waals surface area contributed by atoms with Crippen molar-refractivity contribution in [1.29, 1.82) is 0 Å². The van der Waals surface area contributed by atoms with Gasteiger partial charge >= 0.3 is 0 Å². The molecule has 1 heterocycles. The monoisotopic (exact) mass is 410 g/mol. The van der Waals surface area contributed by atoms with E-state index in [0.29, 0.717) is 10.6 Å². The molecule has 0 bridgehead atoms. The van der Waals surface area contributed by atoms with Crippen LogP contribution in [0.1, 0.15) is 21.5 Å². The third-order valence-electron chi connectivity index (χ3n) is 3.66. The Labute approximate surface area is 154 Å². The predicted octanol–water partition coefficient (Wildman–Crippen LogP) is 5.44. The molecule has 2 aromatic carbocycles. The largest absolute Gasteiger partial charge is 0.354 e. The maximum atomic E-state index is 12.2. The predicted molar refractivity (Wildman–Crippen MR) is 104 cm³/mol. The Hall–Kier alpha value is -1.43. The fourth-order valence-electron chi connectivity index (χ4n) is 2.24. The van der Waals surface area contributed by atoms with Crippen molar-refractivity contribution in [3.05, 3.63) is 58.1 Å². The number of aryl methyl sites for hydroxylation is 2. The number of Topliss-reactive ketones (excluding diaryl/α,β-unsaturated/α-hetero) is 1. The third kappa shape index (κ3) is 3.74. The van der Waals surface area contributed by atoms with Crippen molar-refractivity contribution in [2.75, 3.05) is 11.9 Å². The molecule has 23 heavy (non-hydrogen) atoms. The first kappa shape index (κ1) is 17.9. The highest BCUT2D eigenvalue weighted by Gasteiger charge is 2.12. The van der Waals surface area contributed by atoms with E-state index >= 15 is 0 Å². The third-order valence-corrected chi connectivity index (χ3v) is 4.97. The molecule has 1 aromatic heterocycles. The van der Waals surface area contributed by atoms with Crippen LogP contribution < -0.4 is 5.32 Å². The fourth-order valence-corrected chi connectivity index (χ4v) is 3.40. The minimum Gasteiger partial charge on any atom is -0.354 e. The molecule has 0 aliphatic heterocycles. The maximum Gasteiger partial charge on any atom is 0.184 e. The SMILES string of the molecule is Br.Cc1ccc2sc(NCC(=O)c3ccccc3Cl)nc2c1C. The number of hydrogen-bond donors (Lipinski definition) is 1. The van der Waals surface area contributed by atoms with E-state index in [9.17, 15) is 4.79 Å². The van der Waals surface area contributed by atoms with Crippen molar-refractivity contribution in [2.24, 2.45) is 0 Å². The molecule has 0 spiro atoms. The Bertz CT molecular complexity index is 863. The van der Waals surface area contributed by atoms with E-state index in [0.717, 1.165) is 15.3 Å². The van der Waals surface area contributed by atoms with Gasteiger partial charge in [0.1, 0.15) is 0 Å². The Morgan fingerprint density at radius 2 is 1.96 bits per heavy atom. The highest BCUT2D eigenvalue weighted by atomic mass is 79.9. The van der Waals surface area contributed by atoms with Crippen LogP contribution in [0.15, 0.2) is 36.4 Å². The van der Waals surface area contributed by atoms with E-state index in [1.165, 1.54) is 11.1 Å². The number of benzene rings is 2. The van der Waals surface area contributed by atoms with Crippen LogP contribution in [0.2, 0.25) is 5.02 Å². The number of hydrogen-bond acceptors (Lipinski definition) is 4. The van der Waals surface area contributed by atoms with Crippen molar-refractivity contribution in [3.63, 3.8) is 0 Å². The van der Waals surface area contributed by atoms with E-state index in [-0.39, 0.29) is 29.3 Å². The normalized spacial score (nSPS) is 10.4. The zero-order valence-corrected chi connectivity index (χ0v) is 16.0. The smallest absolute Gasteiger partial charge is 0.184 e. The van der Waals surface area contributed by atoms with Crippen molar-refractivity contribution in [1.82, 2.24) is 4.98 Å². The maximum absolute atomic E-state index is 12.2. The van der Waals surface area contributed by atoms with Gasteiger partial charge in [-0.15, -0.1) is 17.0 Å². The van der Waals surface area contributed by atoms with Crippen LogP contribution >= 0.6 is 39.9 Å². The van der Waals surface area contributed by atoms with Gasteiger partial charge in [0.05, 0.1) is 21.8 Å². The average Bonchev–Trinajstić information content (AvgIpc) is 2.93. The van der Waals surface area contributed by atoms with Crippen LogP contribution in [0.4, 0.5) is 5.13 Å². The van der Waals surface area contributed by atoms with E-state index in [2.05, 4.69) is 36.3 Å². The average molecular weight is 412 g/mol. The Kier molecular flexibility index (Phi) is 5.79. The van der Waals surface area contributed by atoms with Crippen LogP contribution in [0.3, 0.4) is 0 Å². The number of nitrogens with zero attached hydrogens (tertiary/aromatic N) is 1. The van der Waals surface area contributed by atoms with E-state index in [1.807, 2.05) is 12.1 Å². The molecule has 0 saturated heterocycles. The van der Waals surface area contributed by atoms with Crippen molar-refractivity contribution < 1.29 is 4.79 Å². The van der Waals surface area contributed by atoms with Gasteiger partial charge in [0, 0.05) is 5.56 Å². The number of ketones is 1. The lowest BCUT2D eigenvalue weighted by Gasteiger charge is -2.03. The molecule has 0 atom stereocenters. The minimum absolute atomic E-state index is 0. The molecule has 0 aliphatic carbocycles. The second kappa shape index (κ2) is 7.43. The zero-order valence-electron chi connectivity index (χ0n) is 12.7. The summed E-state index contributed by atoms with van der Waals surface area (Å²) in [5.41, 5.74) is 3.93. The summed E-state index contributed by atoms with van der Waals surface area (Å²) in [7, 11) is 0. The van der Waals surface area contributed by atoms with Gasteiger partial charge < -0.3 is 5.32 Å². The summed E-state index contributed by atoms with van der Waals surface area (Å²) < 4.78 is 1.12. The number of rotatable bonds is 4. The van der Waals surface area contributed by atoms with Crippen LogP contribution in [0.25, 0.3) is 10.2 Å². The number of fused-ring (bicyclic) bond motifs is 1. The summed E-state index contributed by atoms with van der Waals surface area (Å²) in [4.78, 5) is 16.8. The molecule has 6 heteroatoms. The number of thiazole rings is 1. The lowest BCUT2D eigenvalue weighted by molar-refractivity contribution is 0.101. The fraction of sp³-hybridized carbons (Fsp3) is 0.176. The van der Waals surface area contributed by atoms with Crippen molar-refractivity contribution >= 4 is 61.1 Å². The molecule has 3 aromatic rings. The number of halogens is 2. The number of carbonyl (C=O) groups excluding carboxylic acids is 1. The molecule has 3 rings (SSSR count). The van der Waals surface area contributed by atoms with Crippen LogP contribution in [-0.4, -0.2) is 17.3 Å². The Morgan fingerprint density at radius 1 is 1.22 bits per heavy atom. The van der Waals surface area contributed by atoms with Gasteiger partial charge in [0.25, 0.3) is 0 Å². The Balaban J connectivity index is 0.00000192. The van der Waals surface area contributed by atoms with Gasteiger partial charge in [-0.3, -0.25) is 4.79 Å². The number of anilines is 1. The first-order valence-electron chi connectivity index (χ1n) is 6.94. The Morgan fingerprint density at radius 3 is 2.70 bits per heavy atom. The lowest BCUT2D eigenvalue weighted by atomic mass is 10.1. The first-order valence-corrected chi connectivity index (χ1v) is 8.14. The molecule has 0 unspecified atom stereocenters. The molecule has 3 nitrogen and oxygen atoms in total. The molecule has 0 radical (unpaired) electrons. The molecule has 1 N–H and O–H groups in total. The first-order chi connectivity index (χ1) is 10.6. The van der Waals surface area contributed by atoms with Crippen LogP contribution in [-0.2, 0) is 0 Å². The zero-order chi connectivity index (χ0) is 15.7. The molecular weight excluding hydrogens is 396 g/mol. The summed E-state index contributed by atoms with van der Waals surface area (Å²) >= 11 is 7.60. The van der Waals surface area contributed by atoms with E-state index in [1.54, 1.807) is 23.5 Å². The lowest BCUT2D eigenvalue weighted by Crippen LogP contribution is -2.14. The highest BCUT2D eigenvalue weighted by molar-refractivity contribution is 8.93. The summed E-state index contributed by atoms with van der Waals surface area (Å²) in [5.74, 6) is -0.0437. The second-order valence-corrected chi connectivity index (χ2v) is 6.57. The van der Waals surface area contributed by atoms with Gasteiger partial charge in [-0.25, -0.2) is 4.98 Å². The quantitative estimate of drug-likeness (QED) is 0.581. The van der Waals surface area contributed by atoms with Crippen LogP contribution in [0.5, 0.6) is 0 Å². The van der Waals surface area contributed by atoms with E-state index < -0.39 is 0 Å². The summed E-state index contributed by atoms with van der Waals surface area (Å²) in [6, 6.07) is 11.2. The molecule has 0 aliphatic rings. The van der Waals surface area contributed by atoms with E-state index in [4.69, 9.17) is 11.6 Å². The van der Waals surface area contributed by atoms with Gasteiger partial charge in [-0.1, -0.05) is 41.1 Å².